The van der Waals surface area contributed by atoms with E-state index < -0.39 is 0 Å². The third-order valence-electron chi connectivity index (χ3n) is 2.65. The largest absolute Gasteiger partial charge is 0.490 e. The first-order valence-corrected chi connectivity index (χ1v) is 6.79. The Morgan fingerprint density at radius 1 is 1.14 bits per heavy atom. The SMILES string of the molecule is CN(C)CCNCCOCCOc1ccccc1C#N.Cl. The molecule has 0 saturated carbocycles. The molecular formula is C15H24ClN3O2. The monoisotopic (exact) mass is 313 g/mol. The Morgan fingerprint density at radius 2 is 1.90 bits per heavy atom. The zero-order chi connectivity index (χ0) is 14.6. The van der Waals surface area contributed by atoms with Crippen molar-refractivity contribution >= 4 is 12.4 Å². The second-order valence-corrected chi connectivity index (χ2v) is 4.62. The van der Waals surface area contributed by atoms with Crippen LogP contribution in [-0.4, -0.2) is 58.5 Å². The van der Waals surface area contributed by atoms with E-state index in [0.717, 1.165) is 19.6 Å². The summed E-state index contributed by atoms with van der Waals surface area (Å²) in [5, 5.41) is 12.2. The molecule has 0 bridgehead atoms. The highest BCUT2D eigenvalue weighted by molar-refractivity contribution is 5.85. The van der Waals surface area contributed by atoms with Crippen LogP contribution in [0.3, 0.4) is 0 Å². The van der Waals surface area contributed by atoms with E-state index in [9.17, 15) is 0 Å². The summed E-state index contributed by atoms with van der Waals surface area (Å²) in [7, 11) is 4.10. The molecule has 0 aliphatic heterocycles. The van der Waals surface area contributed by atoms with E-state index in [1.54, 1.807) is 12.1 Å². The van der Waals surface area contributed by atoms with Crippen LogP contribution < -0.4 is 10.1 Å². The number of benzene rings is 1. The van der Waals surface area contributed by atoms with Crippen molar-refractivity contribution in [2.45, 2.75) is 0 Å². The third kappa shape index (κ3) is 9.27. The molecule has 0 fully saturated rings. The van der Waals surface area contributed by atoms with Crippen molar-refractivity contribution < 1.29 is 9.47 Å². The van der Waals surface area contributed by atoms with Gasteiger partial charge in [-0.25, -0.2) is 0 Å². The van der Waals surface area contributed by atoms with Gasteiger partial charge < -0.3 is 19.7 Å². The lowest BCUT2D eigenvalue weighted by molar-refractivity contribution is 0.101. The van der Waals surface area contributed by atoms with Gasteiger partial charge in [-0.05, 0) is 26.2 Å². The number of nitriles is 1. The van der Waals surface area contributed by atoms with Gasteiger partial charge in [-0.15, -0.1) is 12.4 Å². The van der Waals surface area contributed by atoms with Crippen molar-refractivity contribution in [3.63, 3.8) is 0 Å². The molecule has 0 saturated heterocycles. The third-order valence-corrected chi connectivity index (χ3v) is 2.65. The normalized spacial score (nSPS) is 10.0. The van der Waals surface area contributed by atoms with Gasteiger partial charge in [0.05, 0.1) is 18.8 Å². The Labute approximate surface area is 133 Å². The van der Waals surface area contributed by atoms with E-state index in [4.69, 9.17) is 14.7 Å². The predicted octanol–water partition coefficient (Wildman–Crippen LogP) is 1.53. The Balaban J connectivity index is 0.00000400. The minimum Gasteiger partial charge on any atom is -0.490 e. The zero-order valence-corrected chi connectivity index (χ0v) is 13.5. The molecule has 0 aromatic heterocycles. The van der Waals surface area contributed by atoms with Crippen molar-refractivity contribution in [2.24, 2.45) is 0 Å². The van der Waals surface area contributed by atoms with Gasteiger partial charge in [0.1, 0.15) is 18.4 Å². The number of nitrogens with zero attached hydrogens (tertiary/aromatic N) is 2. The summed E-state index contributed by atoms with van der Waals surface area (Å²) in [5.41, 5.74) is 0.554. The second-order valence-electron chi connectivity index (χ2n) is 4.62. The maximum atomic E-state index is 8.91. The number of nitrogens with one attached hydrogen (secondary N) is 1. The molecule has 0 spiro atoms. The molecule has 0 radical (unpaired) electrons. The fourth-order valence-electron chi connectivity index (χ4n) is 1.57. The van der Waals surface area contributed by atoms with Gasteiger partial charge >= 0.3 is 0 Å². The first-order chi connectivity index (χ1) is 9.74. The van der Waals surface area contributed by atoms with Gasteiger partial charge in [0.25, 0.3) is 0 Å². The standard InChI is InChI=1S/C15H23N3O2.ClH/c1-18(2)9-7-17-8-10-19-11-12-20-15-6-4-3-5-14(15)13-16;/h3-6,17H,7-12H2,1-2H3;1H. The number of likely N-dealkylation sites (N-methyl/N-ethyl adjacent to an activating group) is 1. The predicted molar refractivity (Wildman–Crippen MR) is 86.1 cm³/mol. The Hall–Kier alpha value is -1.32. The molecule has 0 aliphatic carbocycles. The van der Waals surface area contributed by atoms with E-state index in [1.165, 1.54) is 0 Å². The molecule has 6 heteroatoms. The number of rotatable bonds is 10. The highest BCUT2D eigenvalue weighted by atomic mass is 35.5. The smallest absolute Gasteiger partial charge is 0.137 e. The lowest BCUT2D eigenvalue weighted by Crippen LogP contribution is -2.29. The molecule has 1 rings (SSSR count). The zero-order valence-electron chi connectivity index (χ0n) is 12.7. The lowest BCUT2D eigenvalue weighted by atomic mass is 10.2. The van der Waals surface area contributed by atoms with Gasteiger partial charge in [0.2, 0.25) is 0 Å². The molecule has 0 heterocycles. The molecule has 0 aliphatic rings. The maximum Gasteiger partial charge on any atom is 0.137 e. The van der Waals surface area contributed by atoms with Gasteiger partial charge in [0.15, 0.2) is 0 Å². The minimum absolute atomic E-state index is 0. The number of para-hydroxylation sites is 1. The van der Waals surface area contributed by atoms with Crippen LogP contribution in [0.5, 0.6) is 5.75 Å². The number of halogens is 1. The van der Waals surface area contributed by atoms with Crippen molar-refractivity contribution in [2.75, 3.05) is 53.6 Å². The van der Waals surface area contributed by atoms with Crippen molar-refractivity contribution in [1.82, 2.24) is 10.2 Å². The van der Waals surface area contributed by atoms with E-state index in [0.29, 0.717) is 31.1 Å². The van der Waals surface area contributed by atoms with E-state index in [2.05, 4.69) is 30.4 Å². The van der Waals surface area contributed by atoms with Crippen LogP contribution in [0.1, 0.15) is 5.56 Å². The van der Waals surface area contributed by atoms with Gasteiger partial charge in [0, 0.05) is 19.6 Å². The van der Waals surface area contributed by atoms with E-state index in [-0.39, 0.29) is 12.4 Å². The average Bonchev–Trinajstić information content (AvgIpc) is 2.45. The minimum atomic E-state index is 0. The van der Waals surface area contributed by atoms with Gasteiger partial charge in [-0.3, -0.25) is 0 Å². The molecule has 0 atom stereocenters. The average molecular weight is 314 g/mol. The lowest BCUT2D eigenvalue weighted by Gasteiger charge is -2.11. The maximum absolute atomic E-state index is 8.91. The van der Waals surface area contributed by atoms with Crippen LogP contribution in [0.25, 0.3) is 0 Å². The van der Waals surface area contributed by atoms with Crippen LogP contribution in [0.2, 0.25) is 0 Å². The van der Waals surface area contributed by atoms with Crippen molar-refractivity contribution in [1.29, 1.82) is 5.26 Å². The highest BCUT2D eigenvalue weighted by Gasteiger charge is 2.00. The van der Waals surface area contributed by atoms with Gasteiger partial charge in [-0.2, -0.15) is 5.26 Å². The van der Waals surface area contributed by atoms with Gasteiger partial charge in [-0.1, -0.05) is 12.1 Å². The number of hydrogen-bond donors (Lipinski definition) is 1. The van der Waals surface area contributed by atoms with E-state index >= 15 is 0 Å². The van der Waals surface area contributed by atoms with Crippen LogP contribution in [-0.2, 0) is 4.74 Å². The van der Waals surface area contributed by atoms with Crippen LogP contribution in [0, 0.1) is 11.3 Å². The summed E-state index contributed by atoms with van der Waals surface area (Å²) in [6.45, 7) is 4.46. The van der Waals surface area contributed by atoms with E-state index in [1.807, 2.05) is 12.1 Å². The first kappa shape index (κ1) is 19.7. The second kappa shape index (κ2) is 12.4. The molecule has 1 N–H and O–H groups in total. The van der Waals surface area contributed by atoms with Crippen molar-refractivity contribution in [3.05, 3.63) is 29.8 Å². The van der Waals surface area contributed by atoms with Crippen LogP contribution >= 0.6 is 12.4 Å². The summed E-state index contributed by atoms with van der Waals surface area (Å²) in [5.74, 6) is 0.614. The summed E-state index contributed by atoms with van der Waals surface area (Å²) < 4.78 is 11.0. The molecule has 0 unspecified atom stereocenters. The first-order valence-electron chi connectivity index (χ1n) is 6.79. The number of hydrogen-bond acceptors (Lipinski definition) is 5. The topological polar surface area (TPSA) is 57.5 Å². The Bertz CT molecular complexity index is 422. The summed E-state index contributed by atoms with van der Waals surface area (Å²) in [6.07, 6.45) is 0. The van der Waals surface area contributed by atoms with Crippen LogP contribution in [0.4, 0.5) is 0 Å². The molecule has 5 nitrogen and oxygen atoms in total. The molecule has 1 aromatic rings. The Kier molecular flexibility index (Phi) is 11.6. The molecule has 118 valence electrons. The van der Waals surface area contributed by atoms with Crippen LogP contribution in [0.15, 0.2) is 24.3 Å². The fourth-order valence-corrected chi connectivity index (χ4v) is 1.57. The Morgan fingerprint density at radius 3 is 2.62 bits per heavy atom. The molecule has 21 heavy (non-hydrogen) atoms. The number of ether oxygens (including phenoxy) is 2. The fraction of sp³-hybridized carbons (Fsp3) is 0.533. The quantitative estimate of drug-likeness (QED) is 0.664. The summed E-state index contributed by atoms with van der Waals surface area (Å²) >= 11 is 0. The van der Waals surface area contributed by atoms with Crippen molar-refractivity contribution in [3.8, 4) is 11.8 Å². The molecule has 1 aromatic carbocycles. The molecule has 0 amide bonds. The highest BCUT2D eigenvalue weighted by Crippen LogP contribution is 2.15. The molecular weight excluding hydrogens is 290 g/mol. The summed E-state index contributed by atoms with van der Waals surface area (Å²) in [4.78, 5) is 2.13. The summed E-state index contributed by atoms with van der Waals surface area (Å²) in [6, 6.07) is 9.31.